The number of nitrogens with zero attached hydrogens (tertiary/aromatic N) is 1. The summed E-state index contributed by atoms with van der Waals surface area (Å²) < 4.78 is 10.9. The highest BCUT2D eigenvalue weighted by Gasteiger charge is 2.35. The average Bonchev–Trinajstić information content (AvgIpc) is 3.40. The van der Waals surface area contributed by atoms with Crippen LogP contribution in [0.1, 0.15) is 50.5 Å². The van der Waals surface area contributed by atoms with E-state index < -0.39 is 0 Å². The number of ether oxygens (including phenoxy) is 2. The van der Waals surface area contributed by atoms with Gasteiger partial charge in [0.1, 0.15) is 5.37 Å². The van der Waals surface area contributed by atoms with Crippen LogP contribution in [0, 0.1) is 5.92 Å². The van der Waals surface area contributed by atoms with Crippen LogP contribution in [0.3, 0.4) is 0 Å². The second-order valence-corrected chi connectivity index (χ2v) is 8.90. The number of nitrogens with one attached hydrogen (secondary N) is 1. The Balaban J connectivity index is 1.53. The van der Waals surface area contributed by atoms with Crippen molar-refractivity contribution in [2.24, 2.45) is 5.92 Å². The van der Waals surface area contributed by atoms with Crippen molar-refractivity contribution in [3.8, 4) is 11.5 Å². The summed E-state index contributed by atoms with van der Waals surface area (Å²) in [6.07, 6.45) is 3.87. The monoisotopic (exact) mass is 440 g/mol. The van der Waals surface area contributed by atoms with E-state index in [0.717, 1.165) is 42.6 Å². The Bertz CT molecular complexity index is 964. The summed E-state index contributed by atoms with van der Waals surface area (Å²) in [5.41, 5.74) is 2.53. The topological polar surface area (TPSA) is 67.9 Å². The molecule has 31 heavy (non-hydrogen) atoms. The first kappa shape index (κ1) is 21.6. The van der Waals surface area contributed by atoms with Gasteiger partial charge in [0.15, 0.2) is 11.5 Å². The molecule has 1 saturated heterocycles. The molecule has 2 amide bonds. The van der Waals surface area contributed by atoms with E-state index >= 15 is 0 Å². The first-order valence-corrected chi connectivity index (χ1v) is 11.9. The molecule has 2 aromatic carbocycles. The summed E-state index contributed by atoms with van der Waals surface area (Å²) in [5.74, 6) is 1.89. The lowest BCUT2D eigenvalue weighted by Crippen LogP contribution is -2.28. The van der Waals surface area contributed by atoms with E-state index in [0.29, 0.717) is 17.3 Å². The second kappa shape index (κ2) is 9.64. The molecule has 2 heterocycles. The Morgan fingerprint density at radius 3 is 2.84 bits per heavy atom. The minimum Gasteiger partial charge on any atom is -0.454 e. The van der Waals surface area contributed by atoms with Crippen molar-refractivity contribution in [2.75, 3.05) is 22.8 Å². The van der Waals surface area contributed by atoms with E-state index in [-0.39, 0.29) is 29.9 Å². The zero-order valence-electron chi connectivity index (χ0n) is 17.9. The van der Waals surface area contributed by atoms with Gasteiger partial charge in [-0.3, -0.25) is 14.5 Å². The Morgan fingerprint density at radius 2 is 2.03 bits per heavy atom. The number of amides is 2. The van der Waals surface area contributed by atoms with Gasteiger partial charge in [0.2, 0.25) is 18.6 Å². The van der Waals surface area contributed by atoms with Crippen LogP contribution in [0.15, 0.2) is 42.5 Å². The molecule has 2 aromatic rings. The molecule has 1 fully saturated rings. The molecule has 2 aliphatic rings. The Morgan fingerprint density at radius 1 is 1.19 bits per heavy atom. The molecule has 4 rings (SSSR count). The Labute approximate surface area is 187 Å². The van der Waals surface area contributed by atoms with E-state index in [2.05, 4.69) is 19.2 Å². The zero-order valence-corrected chi connectivity index (χ0v) is 18.7. The third-order valence-electron chi connectivity index (χ3n) is 5.71. The predicted molar refractivity (Wildman–Crippen MR) is 124 cm³/mol. The summed E-state index contributed by atoms with van der Waals surface area (Å²) in [6, 6.07) is 13.4. The molecule has 1 N–H and O–H groups in total. The van der Waals surface area contributed by atoms with Crippen LogP contribution >= 0.6 is 11.8 Å². The van der Waals surface area contributed by atoms with Crippen molar-refractivity contribution in [1.82, 2.24) is 0 Å². The third kappa shape index (κ3) is 4.66. The van der Waals surface area contributed by atoms with Crippen LogP contribution in [0.4, 0.5) is 11.4 Å². The lowest BCUT2D eigenvalue weighted by atomic mass is 9.98. The van der Waals surface area contributed by atoms with Crippen molar-refractivity contribution < 1.29 is 19.1 Å². The first-order valence-electron chi connectivity index (χ1n) is 10.8. The van der Waals surface area contributed by atoms with E-state index in [4.69, 9.17) is 9.47 Å². The van der Waals surface area contributed by atoms with Crippen LogP contribution < -0.4 is 19.7 Å². The van der Waals surface area contributed by atoms with Gasteiger partial charge in [0.25, 0.3) is 0 Å². The number of hydrogen-bond donors (Lipinski definition) is 1. The summed E-state index contributed by atoms with van der Waals surface area (Å²) in [5, 5.41) is 2.92. The molecule has 0 unspecified atom stereocenters. The predicted octanol–water partition coefficient (Wildman–Crippen LogP) is 5.35. The van der Waals surface area contributed by atoms with E-state index in [1.54, 1.807) is 16.7 Å². The molecule has 2 aliphatic heterocycles. The quantitative estimate of drug-likeness (QED) is 0.599. The van der Waals surface area contributed by atoms with Gasteiger partial charge in [-0.1, -0.05) is 38.8 Å². The summed E-state index contributed by atoms with van der Waals surface area (Å²) >= 11 is 1.58. The molecule has 6 nitrogen and oxygen atoms in total. The van der Waals surface area contributed by atoms with Crippen molar-refractivity contribution in [2.45, 2.75) is 44.9 Å². The first-order chi connectivity index (χ1) is 15.1. The number of anilines is 2. The fourth-order valence-corrected chi connectivity index (χ4v) is 5.14. The number of benzene rings is 2. The molecule has 0 aromatic heterocycles. The van der Waals surface area contributed by atoms with Crippen molar-refractivity contribution in [3.63, 3.8) is 0 Å². The summed E-state index contributed by atoms with van der Waals surface area (Å²) in [4.78, 5) is 27.2. The number of carbonyl (C=O) groups is 2. The molecule has 164 valence electrons. The fraction of sp³-hybridized carbons (Fsp3) is 0.417. The van der Waals surface area contributed by atoms with Gasteiger partial charge in [0.05, 0.1) is 5.75 Å². The van der Waals surface area contributed by atoms with Gasteiger partial charge in [-0.25, -0.2) is 0 Å². The van der Waals surface area contributed by atoms with Gasteiger partial charge >= 0.3 is 0 Å². The molecule has 0 radical (unpaired) electrons. The summed E-state index contributed by atoms with van der Waals surface area (Å²) in [7, 11) is 0. The number of rotatable bonds is 8. The molecule has 7 heteroatoms. The van der Waals surface area contributed by atoms with Crippen LogP contribution in [-0.2, 0) is 9.59 Å². The second-order valence-electron chi connectivity index (χ2n) is 7.83. The summed E-state index contributed by atoms with van der Waals surface area (Å²) in [6.45, 7) is 4.39. The number of hydrogen-bond acceptors (Lipinski definition) is 5. The molecule has 0 aliphatic carbocycles. The van der Waals surface area contributed by atoms with Crippen molar-refractivity contribution in [3.05, 3.63) is 48.0 Å². The average molecular weight is 441 g/mol. The van der Waals surface area contributed by atoms with Crippen LogP contribution in [0.2, 0.25) is 0 Å². The van der Waals surface area contributed by atoms with Gasteiger partial charge in [-0.2, -0.15) is 0 Å². The van der Waals surface area contributed by atoms with E-state index in [1.165, 1.54) is 0 Å². The highest BCUT2D eigenvalue weighted by atomic mass is 32.2. The maximum Gasteiger partial charge on any atom is 0.238 e. The lowest BCUT2D eigenvalue weighted by Gasteiger charge is -2.25. The Hall–Kier alpha value is -2.67. The van der Waals surface area contributed by atoms with Gasteiger partial charge in [0, 0.05) is 23.4 Å². The molecule has 2 atom stereocenters. The van der Waals surface area contributed by atoms with Gasteiger partial charge in [-0.15, -0.1) is 11.8 Å². The van der Waals surface area contributed by atoms with Crippen molar-refractivity contribution >= 4 is 35.0 Å². The van der Waals surface area contributed by atoms with Crippen molar-refractivity contribution in [1.29, 1.82) is 0 Å². The number of thioether (sulfide) groups is 1. The number of unbranched alkanes of at least 4 members (excludes halogenated alkanes) is 1. The van der Waals surface area contributed by atoms with E-state index in [1.807, 2.05) is 42.5 Å². The standard InChI is InChI=1S/C24H28N2O4S/c1-3-5-7-16(4-2)23(28)25-18-9-6-8-17(12-18)24-26(22(27)14-31-24)19-10-11-20-21(13-19)30-15-29-20/h6,8-13,16,24H,3-5,7,14-15H2,1-2H3,(H,25,28)/t16-,24-/m1/s1. The highest BCUT2D eigenvalue weighted by Crippen LogP contribution is 2.45. The SMILES string of the molecule is CCCC[C@@H](CC)C(=O)Nc1cccc([C@H]2SCC(=O)N2c2ccc3c(c2)OCO3)c1. The minimum absolute atomic E-state index is 0.0242. The molecular formula is C24H28N2O4S. The van der Waals surface area contributed by atoms with Crippen LogP contribution in [-0.4, -0.2) is 24.4 Å². The minimum atomic E-state index is -0.160. The van der Waals surface area contributed by atoms with Crippen LogP contribution in [0.5, 0.6) is 11.5 Å². The van der Waals surface area contributed by atoms with Gasteiger partial charge in [-0.05, 0) is 42.7 Å². The third-order valence-corrected chi connectivity index (χ3v) is 6.92. The largest absolute Gasteiger partial charge is 0.454 e. The molecular weight excluding hydrogens is 412 g/mol. The Kier molecular flexibility index (Phi) is 6.70. The highest BCUT2D eigenvalue weighted by molar-refractivity contribution is 8.00. The van der Waals surface area contributed by atoms with E-state index in [9.17, 15) is 9.59 Å². The smallest absolute Gasteiger partial charge is 0.238 e. The molecule has 0 spiro atoms. The fourth-order valence-electron chi connectivity index (χ4n) is 3.97. The number of carbonyl (C=O) groups excluding carboxylic acids is 2. The molecule has 0 bridgehead atoms. The number of fused-ring (bicyclic) bond motifs is 1. The van der Waals surface area contributed by atoms with Crippen LogP contribution in [0.25, 0.3) is 0 Å². The maximum absolute atomic E-state index is 12.7. The normalized spacial score (nSPS) is 18.3. The molecule has 0 saturated carbocycles. The van der Waals surface area contributed by atoms with Gasteiger partial charge < -0.3 is 14.8 Å². The zero-order chi connectivity index (χ0) is 21.8. The maximum atomic E-state index is 12.7. The lowest BCUT2D eigenvalue weighted by molar-refractivity contribution is -0.120.